The van der Waals surface area contributed by atoms with Crippen molar-refractivity contribution in [3.8, 4) is 0 Å². The second-order valence-corrected chi connectivity index (χ2v) is 9.83. The Morgan fingerprint density at radius 3 is 1.75 bits per heavy atom. The van der Waals surface area contributed by atoms with Crippen LogP contribution in [0.15, 0.2) is 127 Å². The quantitative estimate of drug-likeness (QED) is 0.169. The molecule has 6 heteroatoms. The Morgan fingerprint density at radius 2 is 1.12 bits per heavy atom. The van der Waals surface area contributed by atoms with Gasteiger partial charge in [-0.05, 0) is 70.3 Å². The third-order valence-corrected chi connectivity index (χ3v) is 7.34. The van der Waals surface area contributed by atoms with Gasteiger partial charge in [-0.2, -0.15) is 0 Å². The molecule has 0 bridgehead atoms. The molecule has 0 saturated carbocycles. The number of carbonyl (C=O) groups is 3. The van der Waals surface area contributed by atoms with Gasteiger partial charge in [0.15, 0.2) is 0 Å². The zero-order valence-electron chi connectivity index (χ0n) is 21.3. The summed E-state index contributed by atoms with van der Waals surface area (Å²) in [4.78, 5) is 43.7. The molecule has 40 heavy (non-hydrogen) atoms. The number of benzene rings is 5. The summed E-state index contributed by atoms with van der Waals surface area (Å²) < 4.78 is 0. The number of amides is 4. The summed E-state index contributed by atoms with van der Waals surface area (Å²) in [6, 6.07) is 36.0. The van der Waals surface area contributed by atoms with Gasteiger partial charge in [-0.3, -0.25) is 9.59 Å². The van der Waals surface area contributed by atoms with Crippen molar-refractivity contribution in [1.29, 1.82) is 0 Å². The number of fused-ring (bicyclic) bond motifs is 1. The van der Waals surface area contributed by atoms with Crippen LogP contribution in [0.4, 0.5) is 16.2 Å². The van der Waals surface area contributed by atoms with Gasteiger partial charge in [-0.15, -0.1) is 0 Å². The van der Waals surface area contributed by atoms with E-state index in [1.807, 2.05) is 60.7 Å². The molecule has 0 radical (unpaired) electrons. The van der Waals surface area contributed by atoms with E-state index < -0.39 is 17.8 Å². The maximum atomic E-state index is 14.0. The monoisotopic (exact) mass is 542 g/mol. The van der Waals surface area contributed by atoms with Crippen LogP contribution in [-0.4, -0.2) is 17.8 Å². The summed E-state index contributed by atoms with van der Waals surface area (Å²) in [5.74, 6) is -1.35. The van der Waals surface area contributed by atoms with Gasteiger partial charge >= 0.3 is 6.03 Å². The number of anilines is 2. The van der Waals surface area contributed by atoms with E-state index >= 15 is 0 Å². The smallest absolute Gasteiger partial charge is 0.268 e. The highest BCUT2D eigenvalue weighted by Crippen LogP contribution is 2.33. The van der Waals surface area contributed by atoms with Crippen LogP contribution in [0.5, 0.6) is 0 Å². The number of urea groups is 1. The summed E-state index contributed by atoms with van der Waals surface area (Å²) in [6.45, 7) is 0. The molecule has 4 amide bonds. The first-order chi connectivity index (χ1) is 19.5. The van der Waals surface area contributed by atoms with E-state index in [-0.39, 0.29) is 5.57 Å². The van der Waals surface area contributed by atoms with Gasteiger partial charge in [0.1, 0.15) is 5.57 Å². The Kier molecular flexibility index (Phi) is 6.72. The van der Waals surface area contributed by atoms with Crippen molar-refractivity contribution in [2.24, 2.45) is 0 Å². The number of para-hydroxylation sites is 2. The van der Waals surface area contributed by atoms with E-state index in [0.717, 1.165) is 37.3 Å². The van der Waals surface area contributed by atoms with Crippen LogP contribution in [0, 0.1) is 0 Å². The van der Waals surface area contributed by atoms with Crippen molar-refractivity contribution < 1.29 is 14.4 Å². The Hall–Kier alpha value is -5.00. The third kappa shape index (κ3) is 4.57. The molecule has 5 aromatic carbocycles. The van der Waals surface area contributed by atoms with Gasteiger partial charge in [0.05, 0.1) is 11.4 Å². The van der Waals surface area contributed by atoms with Crippen LogP contribution in [0.1, 0.15) is 16.7 Å². The molecule has 0 atom stereocenters. The number of hydrogen-bond donors (Lipinski definition) is 0. The molecule has 5 nitrogen and oxygen atoms in total. The molecule has 5 aromatic rings. The zero-order chi connectivity index (χ0) is 27.6. The van der Waals surface area contributed by atoms with E-state index in [0.29, 0.717) is 22.8 Å². The third-order valence-electron chi connectivity index (χ3n) is 6.97. The predicted molar refractivity (Wildman–Crippen MR) is 159 cm³/mol. The number of rotatable bonds is 5. The Labute approximate surface area is 236 Å². The van der Waals surface area contributed by atoms with Crippen LogP contribution in [0.25, 0.3) is 16.8 Å². The van der Waals surface area contributed by atoms with Crippen LogP contribution in [-0.2, 0) is 16.0 Å². The number of imide groups is 2. The first-order valence-electron chi connectivity index (χ1n) is 12.8. The minimum Gasteiger partial charge on any atom is -0.268 e. The van der Waals surface area contributed by atoms with Crippen molar-refractivity contribution in [2.45, 2.75) is 6.42 Å². The molecule has 1 fully saturated rings. The topological polar surface area (TPSA) is 57.7 Å². The first-order valence-corrected chi connectivity index (χ1v) is 13.2. The van der Waals surface area contributed by atoms with Gasteiger partial charge in [0, 0.05) is 5.02 Å². The normalized spacial score (nSPS) is 13.7. The highest BCUT2D eigenvalue weighted by atomic mass is 35.5. The van der Waals surface area contributed by atoms with E-state index in [1.165, 1.54) is 0 Å². The maximum Gasteiger partial charge on any atom is 0.343 e. The number of hydrogen-bond acceptors (Lipinski definition) is 3. The fourth-order valence-corrected chi connectivity index (χ4v) is 5.20. The van der Waals surface area contributed by atoms with E-state index in [1.54, 1.807) is 66.7 Å². The molecule has 6 rings (SSSR count). The molecule has 0 aliphatic carbocycles. The van der Waals surface area contributed by atoms with E-state index in [9.17, 15) is 14.4 Å². The molecule has 194 valence electrons. The Balaban J connectivity index is 1.56. The molecule has 0 spiro atoms. The highest BCUT2D eigenvalue weighted by Gasteiger charge is 2.43. The van der Waals surface area contributed by atoms with Crippen LogP contribution >= 0.6 is 11.6 Å². The van der Waals surface area contributed by atoms with Crippen molar-refractivity contribution in [3.05, 3.63) is 149 Å². The first kappa shape index (κ1) is 25.3. The number of barbiturate groups is 1. The number of halogens is 1. The largest absolute Gasteiger partial charge is 0.343 e. The van der Waals surface area contributed by atoms with E-state index in [4.69, 9.17) is 11.6 Å². The second kappa shape index (κ2) is 10.6. The van der Waals surface area contributed by atoms with Crippen LogP contribution < -0.4 is 9.80 Å². The lowest BCUT2D eigenvalue weighted by atomic mass is 9.92. The molecule has 1 aliphatic rings. The zero-order valence-corrected chi connectivity index (χ0v) is 22.1. The molecule has 0 unspecified atom stereocenters. The molecular weight excluding hydrogens is 520 g/mol. The Morgan fingerprint density at radius 1 is 0.575 bits per heavy atom. The predicted octanol–water partition coefficient (Wildman–Crippen LogP) is 7.67. The minimum absolute atomic E-state index is 0.107. The molecule has 0 aromatic heterocycles. The molecule has 1 heterocycles. The summed E-state index contributed by atoms with van der Waals surface area (Å²) in [5.41, 5.74) is 3.20. The standard InChI is InChI=1S/C34H23ClN2O3/c35-31-18-10-8-12-25(31)21-24-20-19-23-11-7-9-17-28(23)29(24)22-30-32(38)36(26-13-3-1-4-14-26)34(40)37(33(30)39)27-15-5-2-6-16-27/h1-20,22H,21H2. The van der Waals surface area contributed by atoms with E-state index in [2.05, 4.69) is 0 Å². The average Bonchev–Trinajstić information content (AvgIpc) is 2.98. The summed E-state index contributed by atoms with van der Waals surface area (Å²) in [6.07, 6.45) is 2.12. The second-order valence-electron chi connectivity index (χ2n) is 9.42. The highest BCUT2D eigenvalue weighted by molar-refractivity contribution is 6.46. The van der Waals surface area contributed by atoms with Gasteiger partial charge in [0.2, 0.25) is 0 Å². The van der Waals surface area contributed by atoms with Crippen LogP contribution in [0.2, 0.25) is 5.02 Å². The molecular formula is C34H23ClN2O3. The molecule has 1 aliphatic heterocycles. The lowest BCUT2D eigenvalue weighted by Crippen LogP contribution is -2.57. The SMILES string of the molecule is O=C1C(=Cc2c(Cc3ccccc3Cl)ccc3ccccc23)C(=O)N(c2ccccc2)C(=O)N1c1ccccc1. The van der Waals surface area contributed by atoms with Crippen LogP contribution in [0.3, 0.4) is 0 Å². The number of nitrogens with zero attached hydrogens (tertiary/aromatic N) is 2. The van der Waals surface area contributed by atoms with Gasteiger partial charge < -0.3 is 0 Å². The number of carbonyl (C=O) groups excluding carboxylic acids is 3. The molecule has 1 saturated heterocycles. The van der Waals surface area contributed by atoms with Gasteiger partial charge in [-0.1, -0.05) is 103 Å². The average molecular weight is 543 g/mol. The maximum absolute atomic E-state index is 14.0. The fourth-order valence-electron chi connectivity index (χ4n) is 5.00. The van der Waals surface area contributed by atoms with Gasteiger partial charge in [-0.25, -0.2) is 14.6 Å². The van der Waals surface area contributed by atoms with Crippen molar-refractivity contribution in [2.75, 3.05) is 9.80 Å². The summed E-state index contributed by atoms with van der Waals surface area (Å²) in [7, 11) is 0. The lowest BCUT2D eigenvalue weighted by Gasteiger charge is -2.34. The molecule has 0 N–H and O–H groups in total. The summed E-state index contributed by atoms with van der Waals surface area (Å²) in [5, 5.41) is 2.48. The van der Waals surface area contributed by atoms with Crippen molar-refractivity contribution >= 4 is 57.7 Å². The van der Waals surface area contributed by atoms with Crippen molar-refractivity contribution in [3.63, 3.8) is 0 Å². The summed E-state index contributed by atoms with van der Waals surface area (Å²) >= 11 is 6.50. The fraction of sp³-hybridized carbons (Fsp3) is 0.0294. The minimum atomic E-state index is -0.723. The van der Waals surface area contributed by atoms with Gasteiger partial charge in [0.25, 0.3) is 11.8 Å². The lowest BCUT2D eigenvalue weighted by molar-refractivity contribution is -0.121. The Bertz CT molecular complexity index is 1740. The van der Waals surface area contributed by atoms with Crippen molar-refractivity contribution in [1.82, 2.24) is 0 Å².